The van der Waals surface area contributed by atoms with Crippen LogP contribution in [0.1, 0.15) is 11.1 Å². The third-order valence-electron chi connectivity index (χ3n) is 4.16. The number of nitrogens with one attached hydrogen (secondary N) is 1. The van der Waals surface area contributed by atoms with Crippen molar-refractivity contribution in [1.82, 2.24) is 0 Å². The number of ether oxygens (including phenoxy) is 2. The molecule has 0 saturated heterocycles. The first-order valence-electron chi connectivity index (χ1n) is 8.21. The Hall–Kier alpha value is -2.99. The fraction of sp³-hybridized carbons (Fsp3) is 0.200. The zero-order valence-electron chi connectivity index (χ0n) is 15.4. The van der Waals surface area contributed by atoms with Crippen LogP contribution in [0.25, 0.3) is 0 Å². The number of hydrogen-bond acceptors (Lipinski definition) is 5. The Labute approximate surface area is 162 Å². The van der Waals surface area contributed by atoms with Crippen LogP contribution in [0, 0.1) is 13.8 Å². The first-order chi connectivity index (χ1) is 12.8. The summed E-state index contributed by atoms with van der Waals surface area (Å²) in [4.78, 5) is 26.6. The number of amides is 2. The first kappa shape index (κ1) is 18.8. The molecule has 0 fully saturated rings. The maximum absolute atomic E-state index is 12.9. The molecule has 0 atom stereocenters. The van der Waals surface area contributed by atoms with Gasteiger partial charge in [0.25, 0.3) is 11.8 Å². The Morgan fingerprint density at radius 2 is 1.59 bits per heavy atom. The molecule has 2 aromatic rings. The van der Waals surface area contributed by atoms with E-state index in [1.54, 1.807) is 30.3 Å². The van der Waals surface area contributed by atoms with Gasteiger partial charge in [-0.05, 0) is 49.2 Å². The molecule has 0 radical (unpaired) electrons. The summed E-state index contributed by atoms with van der Waals surface area (Å²) in [6.45, 7) is 3.80. The van der Waals surface area contributed by atoms with Crippen molar-refractivity contribution in [3.05, 3.63) is 58.3 Å². The number of nitrogens with zero attached hydrogens (tertiary/aromatic N) is 1. The number of anilines is 2. The van der Waals surface area contributed by atoms with Crippen molar-refractivity contribution in [1.29, 1.82) is 0 Å². The monoisotopic (exact) mass is 386 g/mol. The van der Waals surface area contributed by atoms with Gasteiger partial charge in [0.15, 0.2) is 0 Å². The number of methoxy groups -OCH3 is 2. The van der Waals surface area contributed by atoms with Crippen LogP contribution in [0.15, 0.2) is 47.1 Å². The molecule has 0 saturated carbocycles. The minimum atomic E-state index is -0.573. The molecule has 0 unspecified atom stereocenters. The van der Waals surface area contributed by atoms with Gasteiger partial charge in [-0.1, -0.05) is 17.7 Å². The molecule has 0 aromatic heterocycles. The lowest BCUT2D eigenvalue weighted by Gasteiger charge is -2.17. The van der Waals surface area contributed by atoms with E-state index in [1.807, 2.05) is 19.9 Å². The van der Waals surface area contributed by atoms with Crippen LogP contribution in [0.5, 0.6) is 11.5 Å². The number of carbonyl (C=O) groups is 2. The van der Waals surface area contributed by atoms with Crippen LogP contribution < -0.4 is 19.7 Å². The van der Waals surface area contributed by atoms with E-state index < -0.39 is 11.8 Å². The minimum absolute atomic E-state index is 0.00706. The second kappa shape index (κ2) is 7.32. The summed E-state index contributed by atoms with van der Waals surface area (Å²) in [6.07, 6.45) is 0. The Morgan fingerprint density at radius 3 is 2.19 bits per heavy atom. The fourth-order valence-electron chi connectivity index (χ4n) is 2.97. The summed E-state index contributed by atoms with van der Waals surface area (Å²) < 4.78 is 10.5. The van der Waals surface area contributed by atoms with Crippen LogP contribution in [-0.4, -0.2) is 26.0 Å². The van der Waals surface area contributed by atoms with Gasteiger partial charge >= 0.3 is 0 Å². The second-order valence-corrected chi connectivity index (χ2v) is 6.55. The summed E-state index contributed by atoms with van der Waals surface area (Å²) >= 11 is 6.20. The predicted octanol–water partition coefficient (Wildman–Crippen LogP) is 3.76. The average Bonchev–Trinajstić information content (AvgIpc) is 2.84. The SMILES string of the molecule is COc1ccc(OC)c(NC2=C(Cl)C(=O)N(c3cc(C)cc(C)c3)C2=O)c1. The van der Waals surface area contributed by atoms with Crippen LogP contribution in [0.3, 0.4) is 0 Å². The van der Waals surface area contributed by atoms with Gasteiger partial charge in [-0.25, -0.2) is 4.90 Å². The van der Waals surface area contributed by atoms with Gasteiger partial charge in [0.1, 0.15) is 22.2 Å². The highest BCUT2D eigenvalue weighted by Crippen LogP contribution is 2.35. The van der Waals surface area contributed by atoms with E-state index in [1.165, 1.54) is 14.2 Å². The van der Waals surface area contributed by atoms with Crippen molar-refractivity contribution in [3.63, 3.8) is 0 Å². The molecular weight excluding hydrogens is 368 g/mol. The molecule has 2 aromatic carbocycles. The summed E-state index contributed by atoms with van der Waals surface area (Å²) in [5.74, 6) is -0.0493. The highest BCUT2D eigenvalue weighted by molar-refractivity contribution is 6.53. The lowest BCUT2D eigenvalue weighted by Crippen LogP contribution is -2.32. The number of halogens is 1. The number of hydrogen-bond donors (Lipinski definition) is 1. The topological polar surface area (TPSA) is 67.9 Å². The third kappa shape index (κ3) is 3.48. The quantitative estimate of drug-likeness (QED) is 0.792. The van der Waals surface area contributed by atoms with E-state index in [0.717, 1.165) is 16.0 Å². The van der Waals surface area contributed by atoms with Crippen molar-refractivity contribution < 1.29 is 19.1 Å². The van der Waals surface area contributed by atoms with E-state index in [-0.39, 0.29) is 10.7 Å². The molecule has 1 aliphatic heterocycles. The fourth-order valence-corrected chi connectivity index (χ4v) is 3.18. The summed E-state index contributed by atoms with van der Waals surface area (Å²) in [6, 6.07) is 10.6. The smallest absolute Gasteiger partial charge is 0.283 e. The minimum Gasteiger partial charge on any atom is -0.497 e. The van der Waals surface area contributed by atoms with E-state index >= 15 is 0 Å². The van der Waals surface area contributed by atoms with Gasteiger partial charge in [-0.2, -0.15) is 0 Å². The van der Waals surface area contributed by atoms with Gasteiger partial charge < -0.3 is 14.8 Å². The van der Waals surface area contributed by atoms with Gasteiger partial charge in [-0.15, -0.1) is 0 Å². The number of aryl methyl sites for hydroxylation is 2. The summed E-state index contributed by atoms with van der Waals surface area (Å²) in [7, 11) is 3.04. The molecular formula is C20H19ClN2O4. The van der Waals surface area contributed by atoms with Crippen LogP contribution in [-0.2, 0) is 9.59 Å². The number of rotatable bonds is 5. The third-order valence-corrected chi connectivity index (χ3v) is 4.51. The molecule has 0 spiro atoms. The number of carbonyl (C=O) groups excluding carboxylic acids is 2. The van der Waals surface area contributed by atoms with Gasteiger partial charge in [0.05, 0.1) is 25.6 Å². The van der Waals surface area contributed by atoms with Crippen molar-refractivity contribution in [2.24, 2.45) is 0 Å². The Kier molecular flexibility index (Phi) is 5.10. The number of imide groups is 1. The molecule has 0 bridgehead atoms. The van der Waals surface area contributed by atoms with Gasteiger partial charge in [0, 0.05) is 6.07 Å². The first-order valence-corrected chi connectivity index (χ1v) is 8.59. The van der Waals surface area contributed by atoms with Gasteiger partial charge in [0.2, 0.25) is 0 Å². The molecule has 2 amide bonds. The van der Waals surface area contributed by atoms with Crippen LogP contribution >= 0.6 is 11.6 Å². The lowest BCUT2D eigenvalue weighted by atomic mass is 10.1. The Balaban J connectivity index is 1.98. The summed E-state index contributed by atoms with van der Waals surface area (Å²) in [5, 5.41) is 2.75. The predicted molar refractivity (Wildman–Crippen MR) is 104 cm³/mol. The molecule has 27 heavy (non-hydrogen) atoms. The normalized spacial score (nSPS) is 14.0. The van der Waals surface area contributed by atoms with Crippen molar-refractivity contribution in [2.45, 2.75) is 13.8 Å². The zero-order valence-corrected chi connectivity index (χ0v) is 16.2. The maximum atomic E-state index is 12.9. The molecule has 3 rings (SSSR count). The van der Waals surface area contributed by atoms with Crippen molar-refractivity contribution in [2.75, 3.05) is 24.4 Å². The van der Waals surface area contributed by atoms with E-state index in [2.05, 4.69) is 5.32 Å². The maximum Gasteiger partial charge on any atom is 0.283 e. The number of benzene rings is 2. The van der Waals surface area contributed by atoms with Gasteiger partial charge in [-0.3, -0.25) is 9.59 Å². The highest BCUT2D eigenvalue weighted by Gasteiger charge is 2.39. The Morgan fingerprint density at radius 1 is 0.926 bits per heavy atom. The summed E-state index contributed by atoms with van der Waals surface area (Å²) in [5.41, 5.74) is 2.83. The molecule has 1 aliphatic rings. The average molecular weight is 387 g/mol. The molecule has 6 nitrogen and oxygen atoms in total. The van der Waals surface area contributed by atoms with Crippen molar-refractivity contribution in [3.8, 4) is 11.5 Å². The van der Waals surface area contributed by atoms with E-state index in [4.69, 9.17) is 21.1 Å². The zero-order chi connectivity index (χ0) is 19.7. The Bertz CT molecular complexity index is 948. The van der Waals surface area contributed by atoms with Crippen LogP contribution in [0.4, 0.5) is 11.4 Å². The standard InChI is InChI=1S/C20H19ClN2O4/c1-11-7-12(2)9-13(8-11)23-19(24)17(21)18(20(23)25)22-15-10-14(26-3)5-6-16(15)27-4/h5-10,22H,1-4H3. The highest BCUT2D eigenvalue weighted by atomic mass is 35.5. The molecule has 1 heterocycles. The van der Waals surface area contributed by atoms with E-state index in [9.17, 15) is 9.59 Å². The van der Waals surface area contributed by atoms with Crippen molar-refractivity contribution >= 4 is 34.8 Å². The van der Waals surface area contributed by atoms with Crippen LogP contribution in [0.2, 0.25) is 0 Å². The molecule has 140 valence electrons. The molecule has 1 N–H and O–H groups in total. The largest absolute Gasteiger partial charge is 0.497 e. The lowest BCUT2D eigenvalue weighted by molar-refractivity contribution is -0.120. The molecule has 0 aliphatic carbocycles. The molecule has 7 heteroatoms. The van der Waals surface area contributed by atoms with E-state index in [0.29, 0.717) is 22.9 Å². The second-order valence-electron chi connectivity index (χ2n) is 6.17.